The van der Waals surface area contributed by atoms with Crippen molar-refractivity contribution in [2.45, 2.75) is 38.5 Å². The summed E-state index contributed by atoms with van der Waals surface area (Å²) in [7, 11) is 0. The van der Waals surface area contributed by atoms with Crippen LogP contribution >= 0.6 is 11.6 Å². The van der Waals surface area contributed by atoms with E-state index >= 15 is 0 Å². The number of rotatable bonds is 5. The Morgan fingerprint density at radius 3 is 2.53 bits per heavy atom. The van der Waals surface area contributed by atoms with E-state index in [0.29, 0.717) is 28.7 Å². The number of pyridine rings is 1. The zero-order chi connectivity index (χ0) is 23.5. The molecule has 2 aromatic heterocycles. The molecule has 2 aromatic carbocycles. The molecule has 3 N–H and O–H groups in total. The summed E-state index contributed by atoms with van der Waals surface area (Å²) in [6.45, 7) is 0. The summed E-state index contributed by atoms with van der Waals surface area (Å²) in [4.78, 5) is 26.7. The molecule has 0 spiro atoms. The summed E-state index contributed by atoms with van der Waals surface area (Å²) in [5, 5.41) is 4.33. The van der Waals surface area contributed by atoms with E-state index in [1.165, 1.54) is 19.3 Å². The van der Waals surface area contributed by atoms with Gasteiger partial charge < -0.3 is 11.1 Å². The van der Waals surface area contributed by atoms with E-state index < -0.39 is 0 Å². The van der Waals surface area contributed by atoms with Crippen LogP contribution in [0, 0.1) is 5.92 Å². The quantitative estimate of drug-likeness (QED) is 0.346. The van der Waals surface area contributed by atoms with Crippen LogP contribution < -0.4 is 11.1 Å². The second kappa shape index (κ2) is 9.77. The first-order valence-electron chi connectivity index (χ1n) is 11.7. The summed E-state index contributed by atoms with van der Waals surface area (Å²) in [5.41, 5.74) is 9.88. The molecule has 0 bridgehead atoms. The van der Waals surface area contributed by atoms with Crippen molar-refractivity contribution in [3.05, 3.63) is 65.8 Å². The SMILES string of the molecule is Nc1nc(-c2ccccc2)c(-c2cc(Cl)c3ncccc3c2)nc1NC(=O)CC1CCCCC1. The van der Waals surface area contributed by atoms with Crippen LogP contribution in [0.3, 0.4) is 0 Å². The molecule has 1 aliphatic carbocycles. The average Bonchev–Trinajstić information content (AvgIpc) is 2.86. The first kappa shape index (κ1) is 22.3. The maximum Gasteiger partial charge on any atom is 0.225 e. The van der Waals surface area contributed by atoms with Gasteiger partial charge in [-0.3, -0.25) is 9.78 Å². The molecule has 0 aliphatic heterocycles. The van der Waals surface area contributed by atoms with Gasteiger partial charge in [-0.2, -0.15) is 0 Å². The van der Waals surface area contributed by atoms with E-state index in [1.807, 2.05) is 54.6 Å². The van der Waals surface area contributed by atoms with E-state index in [-0.39, 0.29) is 17.5 Å². The standard InChI is InChI=1S/C27H26ClN5O/c28-21-16-20(15-19-12-7-13-30-23(19)21)25-24(18-10-5-2-6-11-18)32-26(29)27(33-25)31-22(34)14-17-8-3-1-4-9-17/h2,5-7,10-13,15-17H,1,3-4,8-9,14H2,(H2,29,32)(H,31,33,34). The van der Waals surface area contributed by atoms with E-state index in [4.69, 9.17) is 22.3 Å². The largest absolute Gasteiger partial charge is 0.381 e. The van der Waals surface area contributed by atoms with Crippen LogP contribution in [0.2, 0.25) is 5.02 Å². The van der Waals surface area contributed by atoms with Crippen molar-refractivity contribution in [2.75, 3.05) is 11.1 Å². The van der Waals surface area contributed by atoms with E-state index in [9.17, 15) is 4.79 Å². The summed E-state index contributed by atoms with van der Waals surface area (Å²) in [6.07, 6.45) is 8.01. The van der Waals surface area contributed by atoms with Gasteiger partial charge in [-0.1, -0.05) is 67.3 Å². The molecule has 0 atom stereocenters. The predicted molar refractivity (Wildman–Crippen MR) is 137 cm³/mol. The molecule has 1 aliphatic rings. The summed E-state index contributed by atoms with van der Waals surface area (Å²) in [5.74, 6) is 0.802. The number of carbonyl (C=O) groups is 1. The van der Waals surface area contributed by atoms with Crippen LogP contribution in [0.1, 0.15) is 38.5 Å². The van der Waals surface area contributed by atoms with Gasteiger partial charge in [0.25, 0.3) is 0 Å². The van der Waals surface area contributed by atoms with Gasteiger partial charge in [-0.25, -0.2) is 9.97 Å². The van der Waals surface area contributed by atoms with Crippen molar-refractivity contribution < 1.29 is 4.79 Å². The van der Waals surface area contributed by atoms with Crippen LogP contribution in [0.25, 0.3) is 33.4 Å². The zero-order valence-electron chi connectivity index (χ0n) is 18.8. The van der Waals surface area contributed by atoms with Crippen LogP contribution in [-0.2, 0) is 4.79 Å². The number of nitrogens with one attached hydrogen (secondary N) is 1. The van der Waals surface area contributed by atoms with Crippen molar-refractivity contribution in [3.8, 4) is 22.5 Å². The predicted octanol–water partition coefficient (Wildman–Crippen LogP) is 6.50. The number of fused-ring (bicyclic) bond motifs is 1. The fraction of sp³-hybridized carbons (Fsp3) is 0.259. The second-order valence-electron chi connectivity index (χ2n) is 8.81. The summed E-state index contributed by atoms with van der Waals surface area (Å²) < 4.78 is 0. The van der Waals surface area contributed by atoms with E-state index in [1.54, 1.807) is 6.20 Å². The second-order valence-corrected chi connectivity index (χ2v) is 9.22. The minimum atomic E-state index is -0.0768. The number of nitrogens with two attached hydrogens (primary N) is 1. The molecule has 5 rings (SSSR count). The fourth-order valence-electron chi connectivity index (χ4n) is 4.66. The lowest BCUT2D eigenvalue weighted by Gasteiger charge is -2.21. The number of carbonyl (C=O) groups excluding carboxylic acids is 1. The average molecular weight is 472 g/mol. The Hall–Kier alpha value is -3.51. The lowest BCUT2D eigenvalue weighted by atomic mass is 9.87. The van der Waals surface area contributed by atoms with Crippen LogP contribution in [0.4, 0.5) is 11.6 Å². The Morgan fingerprint density at radius 1 is 0.971 bits per heavy atom. The lowest BCUT2D eigenvalue weighted by molar-refractivity contribution is -0.117. The molecule has 7 heteroatoms. The smallest absolute Gasteiger partial charge is 0.225 e. The number of nitrogens with zero attached hydrogens (tertiary/aromatic N) is 3. The van der Waals surface area contributed by atoms with Crippen molar-refractivity contribution >= 4 is 40.0 Å². The third-order valence-corrected chi connectivity index (χ3v) is 6.65. The van der Waals surface area contributed by atoms with Crippen LogP contribution in [-0.4, -0.2) is 20.9 Å². The fourth-order valence-corrected chi connectivity index (χ4v) is 4.94. The molecule has 0 unspecified atom stereocenters. The highest BCUT2D eigenvalue weighted by molar-refractivity contribution is 6.35. The maximum absolute atomic E-state index is 12.8. The third-order valence-electron chi connectivity index (χ3n) is 6.36. The van der Waals surface area contributed by atoms with Gasteiger partial charge in [0.1, 0.15) is 0 Å². The number of nitrogen functional groups attached to an aromatic ring is 1. The third kappa shape index (κ3) is 4.73. The highest BCUT2D eigenvalue weighted by atomic mass is 35.5. The van der Waals surface area contributed by atoms with Gasteiger partial charge >= 0.3 is 0 Å². The molecule has 2 heterocycles. The minimum absolute atomic E-state index is 0.0768. The number of aromatic nitrogens is 3. The summed E-state index contributed by atoms with van der Waals surface area (Å²) >= 11 is 6.57. The molecule has 1 amide bonds. The van der Waals surface area contributed by atoms with Gasteiger partial charge in [-0.15, -0.1) is 0 Å². The summed E-state index contributed by atoms with van der Waals surface area (Å²) in [6, 6.07) is 17.4. The molecule has 6 nitrogen and oxygen atoms in total. The maximum atomic E-state index is 12.8. The molecule has 1 saturated carbocycles. The van der Waals surface area contributed by atoms with Gasteiger partial charge in [0.2, 0.25) is 5.91 Å². The monoisotopic (exact) mass is 471 g/mol. The highest BCUT2D eigenvalue weighted by Gasteiger charge is 2.21. The molecule has 0 radical (unpaired) electrons. The van der Waals surface area contributed by atoms with E-state index in [0.717, 1.165) is 34.9 Å². The van der Waals surface area contributed by atoms with E-state index in [2.05, 4.69) is 15.3 Å². The van der Waals surface area contributed by atoms with Gasteiger partial charge in [0.15, 0.2) is 11.6 Å². The van der Waals surface area contributed by atoms with Crippen molar-refractivity contribution in [1.29, 1.82) is 0 Å². The zero-order valence-corrected chi connectivity index (χ0v) is 19.6. The van der Waals surface area contributed by atoms with Crippen LogP contribution in [0.5, 0.6) is 0 Å². The molecule has 34 heavy (non-hydrogen) atoms. The molecule has 1 fully saturated rings. The minimum Gasteiger partial charge on any atom is -0.381 e. The van der Waals surface area contributed by atoms with Gasteiger partial charge in [0.05, 0.1) is 21.9 Å². The molecule has 0 saturated heterocycles. The topological polar surface area (TPSA) is 93.8 Å². The number of hydrogen-bond acceptors (Lipinski definition) is 5. The Kier molecular flexibility index (Phi) is 6.41. The molecule has 172 valence electrons. The molecular weight excluding hydrogens is 446 g/mol. The lowest BCUT2D eigenvalue weighted by Crippen LogP contribution is -2.20. The Balaban J connectivity index is 1.56. The first-order valence-corrected chi connectivity index (χ1v) is 12.0. The molecule has 4 aromatic rings. The number of hydrogen-bond donors (Lipinski definition) is 2. The Bertz CT molecular complexity index is 1340. The Labute approximate surface area is 203 Å². The number of benzene rings is 2. The molecular formula is C27H26ClN5O. The van der Waals surface area contributed by atoms with Crippen molar-refractivity contribution in [2.24, 2.45) is 5.92 Å². The normalized spacial score (nSPS) is 14.3. The number of halogens is 1. The number of anilines is 2. The van der Waals surface area contributed by atoms with Gasteiger partial charge in [-0.05, 0) is 37.0 Å². The Morgan fingerprint density at radius 2 is 1.74 bits per heavy atom. The number of amides is 1. The van der Waals surface area contributed by atoms with Gasteiger partial charge in [0, 0.05) is 29.1 Å². The van der Waals surface area contributed by atoms with Crippen molar-refractivity contribution in [3.63, 3.8) is 0 Å². The highest BCUT2D eigenvalue weighted by Crippen LogP contribution is 2.36. The first-order chi connectivity index (χ1) is 16.6. The van der Waals surface area contributed by atoms with Crippen LogP contribution in [0.15, 0.2) is 60.8 Å². The van der Waals surface area contributed by atoms with Crippen molar-refractivity contribution in [1.82, 2.24) is 15.0 Å².